The van der Waals surface area contributed by atoms with Gasteiger partial charge in [-0.2, -0.15) is 0 Å². The molecule has 1 saturated heterocycles. The molecule has 2 aromatic rings. The van der Waals surface area contributed by atoms with Crippen molar-refractivity contribution in [1.82, 2.24) is 15.6 Å². The summed E-state index contributed by atoms with van der Waals surface area (Å²) in [5.74, 6) is -0.846. The Morgan fingerprint density at radius 2 is 2.03 bits per heavy atom. The number of guanidine groups is 1. The van der Waals surface area contributed by atoms with Crippen molar-refractivity contribution < 1.29 is 20.1 Å². The molecule has 2 saturated carbocycles. The topological polar surface area (TPSA) is 139 Å². The van der Waals surface area contributed by atoms with Gasteiger partial charge in [0.1, 0.15) is 22.4 Å². The van der Waals surface area contributed by atoms with Gasteiger partial charge in [0, 0.05) is 12.5 Å². The molecule has 1 unspecified atom stereocenters. The second-order valence-electron chi connectivity index (χ2n) is 9.01. The molecule has 0 spiro atoms. The molecule has 2 aliphatic carbocycles. The van der Waals surface area contributed by atoms with Gasteiger partial charge in [-0.25, -0.2) is 9.98 Å². The molecule has 3 fully saturated rings. The van der Waals surface area contributed by atoms with E-state index in [0.29, 0.717) is 23.2 Å². The van der Waals surface area contributed by atoms with Gasteiger partial charge in [0.15, 0.2) is 0 Å². The zero-order valence-electron chi connectivity index (χ0n) is 17.7. The Kier molecular flexibility index (Phi) is 5.48. The van der Waals surface area contributed by atoms with Gasteiger partial charge in [0.05, 0.1) is 28.4 Å². The molecule has 1 aromatic carbocycles. The van der Waals surface area contributed by atoms with Gasteiger partial charge in [0.2, 0.25) is 11.9 Å². The molecule has 170 valence electrons. The maximum Gasteiger partial charge on any atom is 0.244 e. The number of hydrogen-bond acceptors (Lipinski definition) is 8. The Bertz CT molecular complexity index is 1060. The normalized spacial score (nSPS) is 35.8. The van der Waals surface area contributed by atoms with Crippen molar-refractivity contribution in [1.29, 1.82) is 0 Å². The van der Waals surface area contributed by atoms with Gasteiger partial charge in [-0.05, 0) is 44.7 Å². The summed E-state index contributed by atoms with van der Waals surface area (Å²) in [7, 11) is 0. The van der Waals surface area contributed by atoms with Gasteiger partial charge in [-0.15, -0.1) is 11.3 Å². The van der Waals surface area contributed by atoms with Crippen molar-refractivity contribution in [3.63, 3.8) is 0 Å². The highest BCUT2D eigenvalue weighted by atomic mass is 32.1. The molecule has 2 heterocycles. The van der Waals surface area contributed by atoms with Crippen molar-refractivity contribution in [3.05, 3.63) is 29.3 Å². The van der Waals surface area contributed by atoms with Crippen molar-refractivity contribution in [2.75, 3.05) is 6.61 Å². The van der Waals surface area contributed by atoms with Gasteiger partial charge < -0.3 is 20.6 Å². The predicted molar refractivity (Wildman–Crippen MR) is 122 cm³/mol. The van der Waals surface area contributed by atoms with Crippen LogP contribution >= 0.6 is 11.3 Å². The number of benzene rings is 1. The first kappa shape index (κ1) is 21.4. The Labute approximate surface area is 189 Å². The number of amidine groups is 1. The van der Waals surface area contributed by atoms with Crippen LogP contribution < -0.4 is 10.6 Å². The van der Waals surface area contributed by atoms with Crippen LogP contribution in [0.4, 0.5) is 0 Å². The first-order valence-corrected chi connectivity index (χ1v) is 11.8. The number of carbonyl (C=O) groups is 1. The van der Waals surface area contributed by atoms with E-state index in [1.807, 2.05) is 24.3 Å². The Morgan fingerprint density at radius 1 is 1.25 bits per heavy atom. The summed E-state index contributed by atoms with van der Waals surface area (Å²) >= 11 is 1.42. The Hall–Kier alpha value is -2.40. The van der Waals surface area contributed by atoms with Crippen LogP contribution in [0.5, 0.6) is 0 Å². The van der Waals surface area contributed by atoms with E-state index in [0.717, 1.165) is 29.5 Å². The van der Waals surface area contributed by atoms with E-state index in [-0.39, 0.29) is 18.6 Å². The third kappa shape index (κ3) is 3.71. The van der Waals surface area contributed by atoms with Gasteiger partial charge >= 0.3 is 0 Å². The standard InChI is InChI=1S/C22H27N5O4S/c1-22(31)15(9-11(10-28)17(22)29)25-18-16(20-24-13-7-2-3-8-14(13)32-20)19(30)27-21(26-18)23-12-5-4-6-12/h2-3,7-8,11-12,15-17,28-29,31H,4-6,9-10H2,1H3,(H2,23,25,26,27,30)/t11-,15-,16?,17-,22+/m1/s1. The number of rotatable bonds is 4. The molecule has 5 N–H and O–H groups in total. The second kappa shape index (κ2) is 8.18. The lowest BCUT2D eigenvalue weighted by Crippen LogP contribution is -2.57. The summed E-state index contributed by atoms with van der Waals surface area (Å²) in [6.07, 6.45) is 2.28. The van der Waals surface area contributed by atoms with E-state index in [1.54, 1.807) is 0 Å². The van der Waals surface area contributed by atoms with Crippen molar-refractivity contribution in [3.8, 4) is 0 Å². The van der Waals surface area contributed by atoms with E-state index >= 15 is 0 Å². The fourth-order valence-electron chi connectivity index (χ4n) is 4.50. The highest BCUT2D eigenvalue weighted by Gasteiger charge is 2.51. The highest BCUT2D eigenvalue weighted by Crippen LogP contribution is 2.38. The van der Waals surface area contributed by atoms with Crippen LogP contribution in [0.25, 0.3) is 10.2 Å². The number of nitrogens with zero attached hydrogens (tertiary/aromatic N) is 3. The quantitative estimate of drug-likeness (QED) is 0.462. The number of carbonyl (C=O) groups excluding carboxylic acids is 1. The van der Waals surface area contributed by atoms with Gasteiger partial charge in [0.25, 0.3) is 0 Å². The molecule has 0 bridgehead atoms. The van der Waals surface area contributed by atoms with Crippen LogP contribution in [-0.2, 0) is 4.79 Å². The molecule has 1 aromatic heterocycles. The van der Waals surface area contributed by atoms with E-state index in [2.05, 4.69) is 20.6 Å². The first-order chi connectivity index (χ1) is 15.4. The van der Waals surface area contributed by atoms with Crippen LogP contribution in [0.1, 0.15) is 43.5 Å². The molecule has 5 rings (SSSR count). The molecule has 1 amide bonds. The number of para-hydroxylation sites is 1. The van der Waals surface area contributed by atoms with Gasteiger partial charge in [-0.3, -0.25) is 15.1 Å². The third-order valence-electron chi connectivity index (χ3n) is 6.74. The number of thiazole rings is 1. The number of fused-ring (bicyclic) bond motifs is 1. The number of aliphatic imine (C=N–C) groups is 2. The molecule has 9 nitrogen and oxygen atoms in total. The SMILES string of the molecule is C[C@@]1(O)[C@H](O)[C@@H](CO)C[C@H]1N=C1NC(=NC2CCC2)NC(=O)C1c1nc2ccccc2s1. The third-order valence-corrected chi connectivity index (χ3v) is 7.84. The van der Waals surface area contributed by atoms with Crippen molar-refractivity contribution in [2.24, 2.45) is 15.9 Å². The predicted octanol–water partition coefficient (Wildman–Crippen LogP) is 0.899. The zero-order valence-corrected chi connectivity index (χ0v) is 18.5. The van der Waals surface area contributed by atoms with Crippen molar-refractivity contribution >= 4 is 39.3 Å². The number of aliphatic hydroxyl groups excluding tert-OH is 2. The minimum atomic E-state index is -1.53. The monoisotopic (exact) mass is 457 g/mol. The van der Waals surface area contributed by atoms with Gasteiger partial charge in [-0.1, -0.05) is 12.1 Å². The molecule has 32 heavy (non-hydrogen) atoms. The molecule has 10 heteroatoms. The van der Waals surface area contributed by atoms with E-state index < -0.39 is 29.6 Å². The van der Waals surface area contributed by atoms with E-state index in [4.69, 9.17) is 4.99 Å². The van der Waals surface area contributed by atoms with Crippen LogP contribution in [-0.4, -0.2) is 68.4 Å². The summed E-state index contributed by atoms with van der Waals surface area (Å²) in [4.78, 5) is 27.2. The summed E-state index contributed by atoms with van der Waals surface area (Å²) in [6, 6.07) is 7.16. The number of aromatic nitrogens is 1. The Morgan fingerprint density at radius 3 is 2.69 bits per heavy atom. The molecular weight excluding hydrogens is 430 g/mol. The van der Waals surface area contributed by atoms with Crippen molar-refractivity contribution in [2.45, 2.75) is 62.3 Å². The minimum absolute atomic E-state index is 0.174. The lowest BCUT2D eigenvalue weighted by Gasteiger charge is -2.31. The molecule has 1 aliphatic heterocycles. The Balaban J connectivity index is 1.54. The molecule has 0 radical (unpaired) electrons. The fraction of sp³-hybridized carbons (Fsp3) is 0.545. The largest absolute Gasteiger partial charge is 0.396 e. The number of nitrogens with one attached hydrogen (secondary N) is 2. The summed E-state index contributed by atoms with van der Waals surface area (Å²) < 4.78 is 0.965. The lowest BCUT2D eigenvalue weighted by molar-refractivity contribution is -0.120. The lowest BCUT2D eigenvalue weighted by atomic mass is 9.94. The maximum absolute atomic E-state index is 13.2. The average molecular weight is 458 g/mol. The summed E-state index contributed by atoms with van der Waals surface area (Å²) in [5, 5.41) is 37.6. The highest BCUT2D eigenvalue weighted by molar-refractivity contribution is 7.18. The zero-order chi connectivity index (χ0) is 22.5. The molecular formula is C22H27N5O4S. The molecule has 5 atom stereocenters. The number of amides is 1. The van der Waals surface area contributed by atoms with Crippen LogP contribution in [0, 0.1) is 5.92 Å². The smallest absolute Gasteiger partial charge is 0.244 e. The average Bonchev–Trinajstić information content (AvgIpc) is 3.24. The van der Waals surface area contributed by atoms with Crippen LogP contribution in [0.3, 0.4) is 0 Å². The van der Waals surface area contributed by atoms with Crippen LogP contribution in [0.15, 0.2) is 34.3 Å². The summed E-state index contributed by atoms with van der Waals surface area (Å²) in [5.41, 5.74) is -0.725. The van der Waals surface area contributed by atoms with E-state index in [1.165, 1.54) is 18.3 Å². The maximum atomic E-state index is 13.2. The minimum Gasteiger partial charge on any atom is -0.396 e. The fourth-order valence-corrected chi connectivity index (χ4v) is 5.58. The first-order valence-electron chi connectivity index (χ1n) is 11.0. The summed E-state index contributed by atoms with van der Waals surface area (Å²) in [6.45, 7) is 1.27. The molecule has 3 aliphatic rings. The van der Waals surface area contributed by atoms with Crippen LogP contribution in [0.2, 0.25) is 0 Å². The second-order valence-corrected chi connectivity index (χ2v) is 10.1. The number of hydrogen-bond donors (Lipinski definition) is 5. The van der Waals surface area contributed by atoms with E-state index in [9.17, 15) is 20.1 Å². The number of aliphatic hydroxyl groups is 3.